The topological polar surface area (TPSA) is 83.6 Å². The summed E-state index contributed by atoms with van der Waals surface area (Å²) >= 11 is 0. The second-order valence-corrected chi connectivity index (χ2v) is 9.48. The molecular formula is C27H26FN5O3. The lowest BCUT2D eigenvalue weighted by atomic mass is 10.1. The predicted molar refractivity (Wildman–Crippen MR) is 134 cm³/mol. The van der Waals surface area contributed by atoms with Gasteiger partial charge in [0.25, 0.3) is 0 Å². The number of pyridine rings is 1. The van der Waals surface area contributed by atoms with Gasteiger partial charge in [0.15, 0.2) is 5.56 Å². The standard InChI is InChI=1S/C27H26FN5O3/c28-26-24(27(35)36)25(34)22-9-8-21(16-23(22)33(26)20-6-7-20)31-14-12-30(13-15-31)17-18-2-4-19(5-3-18)32-11-1-10-29-32/h1-5,8-11,16,20H,6-7,12-15,17H2,(H,35,36). The summed E-state index contributed by atoms with van der Waals surface area (Å²) in [6.45, 7) is 4.22. The van der Waals surface area contributed by atoms with E-state index in [0.29, 0.717) is 5.52 Å². The molecule has 0 atom stereocenters. The summed E-state index contributed by atoms with van der Waals surface area (Å²) < 4.78 is 18.3. The number of carbonyl (C=O) groups is 1. The lowest BCUT2D eigenvalue weighted by Crippen LogP contribution is -2.46. The van der Waals surface area contributed by atoms with Gasteiger partial charge in [-0.25, -0.2) is 9.48 Å². The van der Waals surface area contributed by atoms with E-state index in [2.05, 4.69) is 39.2 Å². The van der Waals surface area contributed by atoms with Crippen LogP contribution < -0.4 is 10.3 Å². The van der Waals surface area contributed by atoms with Crippen molar-refractivity contribution < 1.29 is 14.3 Å². The maximum atomic E-state index is 15.1. The van der Waals surface area contributed by atoms with Crippen LogP contribution in [0.3, 0.4) is 0 Å². The van der Waals surface area contributed by atoms with Gasteiger partial charge in [-0.2, -0.15) is 9.49 Å². The van der Waals surface area contributed by atoms with Gasteiger partial charge in [-0.15, -0.1) is 0 Å². The number of hydrogen-bond acceptors (Lipinski definition) is 5. The number of carboxylic acid groups (broad SMARTS) is 1. The fraction of sp³-hybridized carbons (Fsp3) is 0.296. The molecule has 0 unspecified atom stereocenters. The van der Waals surface area contributed by atoms with Crippen LogP contribution in [0.1, 0.15) is 34.8 Å². The molecular weight excluding hydrogens is 461 g/mol. The Balaban J connectivity index is 1.19. The van der Waals surface area contributed by atoms with Gasteiger partial charge in [0.1, 0.15) is 0 Å². The number of aromatic carboxylic acids is 1. The Morgan fingerprint density at radius 1 is 1.03 bits per heavy atom. The maximum Gasteiger partial charge on any atom is 0.344 e. The molecule has 184 valence electrons. The number of benzene rings is 2. The minimum Gasteiger partial charge on any atom is -0.477 e. The molecule has 0 amide bonds. The van der Waals surface area contributed by atoms with Crippen molar-refractivity contribution >= 4 is 22.6 Å². The first-order chi connectivity index (χ1) is 17.5. The quantitative estimate of drug-likeness (QED) is 0.418. The van der Waals surface area contributed by atoms with Crippen LogP contribution in [0.15, 0.2) is 65.7 Å². The number of nitrogens with zero attached hydrogens (tertiary/aromatic N) is 5. The minimum atomic E-state index is -1.52. The first-order valence-electron chi connectivity index (χ1n) is 12.2. The molecule has 6 rings (SSSR count). The van der Waals surface area contributed by atoms with Crippen molar-refractivity contribution in [1.82, 2.24) is 19.2 Å². The Kier molecular flexibility index (Phi) is 5.56. The number of hydrogen-bond donors (Lipinski definition) is 1. The average molecular weight is 488 g/mol. The number of fused-ring (bicyclic) bond motifs is 1. The molecule has 3 heterocycles. The molecule has 1 saturated carbocycles. The van der Waals surface area contributed by atoms with E-state index in [-0.39, 0.29) is 11.4 Å². The third-order valence-corrected chi connectivity index (χ3v) is 7.11. The van der Waals surface area contributed by atoms with Crippen molar-refractivity contribution in [2.24, 2.45) is 0 Å². The summed E-state index contributed by atoms with van der Waals surface area (Å²) in [5.41, 5.74) is 2.13. The largest absolute Gasteiger partial charge is 0.477 e. The van der Waals surface area contributed by atoms with Crippen LogP contribution in [0.4, 0.5) is 10.1 Å². The SMILES string of the molecule is O=C(O)c1c(F)n(C2CC2)c2cc(N3CCN(Cc4ccc(-n5cccn5)cc4)CC3)ccc2c1=O. The lowest BCUT2D eigenvalue weighted by molar-refractivity contribution is 0.0688. The van der Waals surface area contributed by atoms with Crippen molar-refractivity contribution in [2.75, 3.05) is 31.1 Å². The average Bonchev–Trinajstić information content (AvgIpc) is 3.56. The summed E-state index contributed by atoms with van der Waals surface area (Å²) in [6, 6.07) is 15.5. The molecule has 36 heavy (non-hydrogen) atoms. The molecule has 2 aromatic heterocycles. The molecule has 0 spiro atoms. The molecule has 1 saturated heterocycles. The molecule has 1 aliphatic carbocycles. The minimum absolute atomic E-state index is 0.0991. The molecule has 8 nitrogen and oxygen atoms in total. The highest BCUT2D eigenvalue weighted by Crippen LogP contribution is 2.39. The number of rotatable bonds is 6. The number of piperazine rings is 1. The second-order valence-electron chi connectivity index (χ2n) is 9.48. The van der Waals surface area contributed by atoms with Crippen molar-refractivity contribution in [3.8, 4) is 5.69 Å². The van der Waals surface area contributed by atoms with Gasteiger partial charge in [-0.05, 0) is 54.8 Å². The van der Waals surface area contributed by atoms with Crippen LogP contribution in [0, 0.1) is 5.95 Å². The normalized spacial score (nSPS) is 16.5. The van der Waals surface area contributed by atoms with E-state index in [1.165, 1.54) is 10.1 Å². The molecule has 2 aliphatic rings. The smallest absolute Gasteiger partial charge is 0.344 e. The number of aromatic nitrogens is 3. The molecule has 1 N–H and O–H groups in total. The summed E-state index contributed by atoms with van der Waals surface area (Å²) in [5, 5.41) is 13.9. The van der Waals surface area contributed by atoms with Gasteiger partial charge in [-0.3, -0.25) is 9.69 Å². The fourth-order valence-electron chi connectivity index (χ4n) is 5.04. The number of anilines is 1. The van der Waals surface area contributed by atoms with Crippen molar-refractivity contribution in [3.63, 3.8) is 0 Å². The second kappa shape index (κ2) is 8.91. The predicted octanol–water partition coefficient (Wildman–Crippen LogP) is 3.68. The maximum absolute atomic E-state index is 15.1. The van der Waals surface area contributed by atoms with Crippen molar-refractivity contribution in [1.29, 1.82) is 0 Å². The van der Waals surface area contributed by atoms with E-state index in [0.717, 1.165) is 56.9 Å². The van der Waals surface area contributed by atoms with Crippen LogP contribution in [0.2, 0.25) is 0 Å². The van der Waals surface area contributed by atoms with Crippen LogP contribution in [-0.2, 0) is 6.54 Å². The Morgan fingerprint density at radius 3 is 2.39 bits per heavy atom. The Hall–Kier alpha value is -3.98. The van der Waals surface area contributed by atoms with E-state index in [1.807, 2.05) is 29.1 Å². The number of halogens is 1. The van der Waals surface area contributed by atoms with Gasteiger partial charge in [0, 0.05) is 62.2 Å². The molecule has 2 fully saturated rings. The highest BCUT2D eigenvalue weighted by Gasteiger charge is 2.32. The molecule has 2 aromatic carbocycles. The van der Waals surface area contributed by atoms with Gasteiger partial charge in [-0.1, -0.05) is 12.1 Å². The highest BCUT2D eigenvalue weighted by atomic mass is 19.1. The zero-order chi connectivity index (χ0) is 24.8. The number of carboxylic acids is 1. The Labute approximate surface area is 206 Å². The van der Waals surface area contributed by atoms with Gasteiger partial charge in [0.05, 0.1) is 11.2 Å². The van der Waals surface area contributed by atoms with Gasteiger partial charge in [0.2, 0.25) is 11.4 Å². The summed E-state index contributed by atoms with van der Waals surface area (Å²) in [6.07, 6.45) is 5.24. The van der Waals surface area contributed by atoms with Crippen LogP contribution in [0.5, 0.6) is 0 Å². The van der Waals surface area contributed by atoms with E-state index < -0.39 is 22.9 Å². The van der Waals surface area contributed by atoms with Crippen LogP contribution in [0.25, 0.3) is 16.6 Å². The zero-order valence-corrected chi connectivity index (χ0v) is 19.7. The molecule has 0 bridgehead atoms. The first-order valence-corrected chi connectivity index (χ1v) is 12.2. The van der Waals surface area contributed by atoms with E-state index in [1.54, 1.807) is 12.3 Å². The van der Waals surface area contributed by atoms with Crippen molar-refractivity contribution in [2.45, 2.75) is 25.4 Å². The summed E-state index contributed by atoms with van der Waals surface area (Å²) in [7, 11) is 0. The van der Waals surface area contributed by atoms with Crippen LogP contribution in [-0.4, -0.2) is 56.5 Å². The monoisotopic (exact) mass is 487 g/mol. The zero-order valence-electron chi connectivity index (χ0n) is 19.7. The molecule has 1 aliphatic heterocycles. The first kappa shape index (κ1) is 22.5. The third-order valence-electron chi connectivity index (χ3n) is 7.11. The third kappa shape index (κ3) is 4.05. The molecule has 0 radical (unpaired) electrons. The highest BCUT2D eigenvalue weighted by molar-refractivity contribution is 5.94. The molecule has 9 heteroatoms. The van der Waals surface area contributed by atoms with Gasteiger partial charge >= 0.3 is 5.97 Å². The summed E-state index contributed by atoms with van der Waals surface area (Å²) in [5.74, 6) is -2.46. The molecule has 4 aromatic rings. The van der Waals surface area contributed by atoms with Crippen LogP contribution >= 0.6 is 0 Å². The van der Waals surface area contributed by atoms with E-state index in [9.17, 15) is 14.7 Å². The van der Waals surface area contributed by atoms with Gasteiger partial charge < -0.3 is 14.6 Å². The summed E-state index contributed by atoms with van der Waals surface area (Å²) in [4.78, 5) is 28.9. The van der Waals surface area contributed by atoms with E-state index in [4.69, 9.17) is 0 Å². The van der Waals surface area contributed by atoms with E-state index >= 15 is 4.39 Å². The van der Waals surface area contributed by atoms with Crippen molar-refractivity contribution in [3.05, 3.63) is 88.2 Å². The Morgan fingerprint density at radius 2 is 1.75 bits per heavy atom. The fourth-order valence-corrected chi connectivity index (χ4v) is 5.04. The Bertz CT molecular complexity index is 1480. The lowest BCUT2D eigenvalue weighted by Gasteiger charge is -2.36.